The molecule has 27 heavy (non-hydrogen) atoms. The van der Waals surface area contributed by atoms with Gasteiger partial charge in [-0.15, -0.1) is 0 Å². The van der Waals surface area contributed by atoms with E-state index in [-0.39, 0.29) is 18.3 Å². The van der Waals surface area contributed by atoms with Crippen LogP contribution in [0.4, 0.5) is 0 Å². The Bertz CT molecular complexity index is 684. The van der Waals surface area contributed by atoms with E-state index >= 15 is 0 Å². The predicted octanol–water partition coefficient (Wildman–Crippen LogP) is 2.66. The van der Waals surface area contributed by atoms with Crippen LogP contribution in [0.1, 0.15) is 63.4 Å². The molecule has 1 aromatic rings. The van der Waals surface area contributed by atoms with Gasteiger partial charge in [-0.2, -0.15) is 5.10 Å². The van der Waals surface area contributed by atoms with Crippen LogP contribution in [0, 0.1) is 19.3 Å². The zero-order valence-corrected chi connectivity index (χ0v) is 17.5. The molecule has 0 radical (unpaired) electrons. The molecule has 0 spiro atoms. The standard InChI is InChI=1S/C20H33N3O4/c1-14-16(15(2)23(22-14)10-11-26-6)13-21-18(25)20(8-7-9-20)12-17(24)27-19(3,4)5/h7-13H2,1-6H3,(H,21,25). The van der Waals surface area contributed by atoms with Gasteiger partial charge in [0.15, 0.2) is 0 Å². The number of aromatic nitrogens is 2. The van der Waals surface area contributed by atoms with Crippen molar-refractivity contribution in [3.8, 4) is 0 Å². The summed E-state index contributed by atoms with van der Waals surface area (Å²) < 4.78 is 12.4. The second-order valence-corrected chi connectivity index (χ2v) is 8.45. The topological polar surface area (TPSA) is 82.5 Å². The van der Waals surface area contributed by atoms with Crippen LogP contribution in [0.15, 0.2) is 0 Å². The second kappa shape index (κ2) is 8.42. The van der Waals surface area contributed by atoms with Crippen LogP contribution in [0.25, 0.3) is 0 Å². The Morgan fingerprint density at radius 3 is 2.44 bits per heavy atom. The molecule has 1 saturated carbocycles. The number of nitrogens with one attached hydrogen (secondary N) is 1. The third kappa shape index (κ3) is 5.31. The van der Waals surface area contributed by atoms with Crippen molar-refractivity contribution in [2.75, 3.05) is 13.7 Å². The number of nitrogens with zero attached hydrogens (tertiary/aromatic N) is 2. The van der Waals surface area contributed by atoms with E-state index in [2.05, 4.69) is 10.4 Å². The van der Waals surface area contributed by atoms with Crippen LogP contribution in [0.2, 0.25) is 0 Å². The molecule has 0 aromatic carbocycles. The van der Waals surface area contributed by atoms with Gasteiger partial charge in [-0.3, -0.25) is 14.3 Å². The molecular weight excluding hydrogens is 346 g/mol. The first-order valence-electron chi connectivity index (χ1n) is 9.60. The summed E-state index contributed by atoms with van der Waals surface area (Å²) in [7, 11) is 1.66. The van der Waals surface area contributed by atoms with E-state index in [9.17, 15) is 9.59 Å². The van der Waals surface area contributed by atoms with Crippen molar-refractivity contribution in [2.45, 2.75) is 79.0 Å². The van der Waals surface area contributed by atoms with Crippen LogP contribution >= 0.6 is 0 Å². The van der Waals surface area contributed by atoms with E-state index in [1.165, 1.54) is 0 Å². The van der Waals surface area contributed by atoms with Gasteiger partial charge < -0.3 is 14.8 Å². The van der Waals surface area contributed by atoms with Crippen LogP contribution in [-0.2, 0) is 32.2 Å². The van der Waals surface area contributed by atoms with Crippen molar-refractivity contribution >= 4 is 11.9 Å². The molecule has 1 fully saturated rings. The number of ether oxygens (including phenoxy) is 2. The summed E-state index contributed by atoms with van der Waals surface area (Å²) in [4.78, 5) is 25.1. The van der Waals surface area contributed by atoms with Gasteiger partial charge in [0.25, 0.3) is 0 Å². The first-order valence-corrected chi connectivity index (χ1v) is 9.60. The Labute approximate surface area is 161 Å². The molecule has 0 saturated heterocycles. The summed E-state index contributed by atoms with van der Waals surface area (Å²) in [6.07, 6.45) is 2.55. The summed E-state index contributed by atoms with van der Waals surface area (Å²) in [5, 5.41) is 7.55. The minimum Gasteiger partial charge on any atom is -0.460 e. The summed E-state index contributed by atoms with van der Waals surface area (Å²) in [6.45, 7) is 11.1. The highest BCUT2D eigenvalue weighted by Crippen LogP contribution is 2.44. The highest BCUT2D eigenvalue weighted by Gasteiger charge is 2.46. The number of hydrogen-bond acceptors (Lipinski definition) is 5. The van der Waals surface area contributed by atoms with Crippen molar-refractivity contribution < 1.29 is 19.1 Å². The predicted molar refractivity (Wildman–Crippen MR) is 102 cm³/mol. The largest absolute Gasteiger partial charge is 0.460 e. The lowest BCUT2D eigenvalue weighted by Crippen LogP contribution is -2.47. The third-order valence-corrected chi connectivity index (χ3v) is 5.16. The summed E-state index contributed by atoms with van der Waals surface area (Å²) >= 11 is 0. The maximum absolute atomic E-state index is 12.9. The maximum atomic E-state index is 12.9. The van der Waals surface area contributed by atoms with E-state index in [0.717, 1.165) is 36.2 Å². The van der Waals surface area contributed by atoms with Crippen molar-refractivity contribution in [3.63, 3.8) is 0 Å². The fourth-order valence-electron chi connectivity index (χ4n) is 3.48. The quantitative estimate of drug-likeness (QED) is 0.702. The van der Waals surface area contributed by atoms with Crippen molar-refractivity contribution in [3.05, 3.63) is 17.0 Å². The first-order chi connectivity index (χ1) is 12.6. The zero-order chi connectivity index (χ0) is 20.2. The number of carbonyl (C=O) groups excluding carboxylic acids is 2. The van der Waals surface area contributed by atoms with E-state index in [0.29, 0.717) is 19.7 Å². The number of esters is 1. The Morgan fingerprint density at radius 1 is 1.26 bits per heavy atom. The molecule has 0 unspecified atom stereocenters. The number of aryl methyl sites for hydroxylation is 1. The van der Waals surface area contributed by atoms with E-state index in [1.807, 2.05) is 39.3 Å². The zero-order valence-electron chi connectivity index (χ0n) is 17.5. The number of hydrogen-bond donors (Lipinski definition) is 1. The van der Waals surface area contributed by atoms with Crippen molar-refractivity contribution in [1.29, 1.82) is 0 Å². The first kappa shape index (κ1) is 21.4. The number of methoxy groups -OCH3 is 1. The highest BCUT2D eigenvalue weighted by molar-refractivity contribution is 5.88. The number of amides is 1. The lowest BCUT2D eigenvalue weighted by Gasteiger charge is -2.40. The van der Waals surface area contributed by atoms with Gasteiger partial charge in [-0.25, -0.2) is 0 Å². The van der Waals surface area contributed by atoms with Crippen LogP contribution in [0.5, 0.6) is 0 Å². The molecule has 152 valence electrons. The fraction of sp³-hybridized carbons (Fsp3) is 0.750. The smallest absolute Gasteiger partial charge is 0.307 e. The normalized spacial score (nSPS) is 15.9. The molecule has 1 aromatic heterocycles. The molecule has 1 amide bonds. The molecule has 7 nitrogen and oxygen atoms in total. The van der Waals surface area contributed by atoms with Gasteiger partial charge in [0.1, 0.15) is 5.60 Å². The molecule has 1 aliphatic rings. The Morgan fingerprint density at radius 2 is 1.93 bits per heavy atom. The minimum absolute atomic E-state index is 0.0666. The van der Waals surface area contributed by atoms with E-state index < -0.39 is 11.0 Å². The van der Waals surface area contributed by atoms with E-state index in [1.54, 1.807) is 7.11 Å². The Balaban J connectivity index is 1.99. The lowest BCUT2D eigenvalue weighted by molar-refractivity contribution is -0.163. The fourth-order valence-corrected chi connectivity index (χ4v) is 3.48. The van der Waals surface area contributed by atoms with Gasteiger partial charge in [-0.1, -0.05) is 6.42 Å². The lowest BCUT2D eigenvalue weighted by atomic mass is 9.66. The summed E-state index contributed by atoms with van der Waals surface area (Å²) in [5.41, 5.74) is 1.78. The Kier molecular flexibility index (Phi) is 6.68. The van der Waals surface area contributed by atoms with Crippen molar-refractivity contribution in [1.82, 2.24) is 15.1 Å². The minimum atomic E-state index is -0.629. The Hall–Kier alpha value is -1.89. The van der Waals surface area contributed by atoms with Crippen LogP contribution in [0.3, 0.4) is 0 Å². The maximum Gasteiger partial charge on any atom is 0.307 e. The van der Waals surface area contributed by atoms with Gasteiger partial charge >= 0.3 is 5.97 Å². The number of carbonyl (C=O) groups is 2. The second-order valence-electron chi connectivity index (χ2n) is 8.45. The third-order valence-electron chi connectivity index (χ3n) is 5.16. The molecule has 1 heterocycles. The van der Waals surface area contributed by atoms with Crippen LogP contribution < -0.4 is 5.32 Å². The molecule has 0 atom stereocenters. The van der Waals surface area contributed by atoms with Crippen molar-refractivity contribution in [2.24, 2.45) is 5.41 Å². The van der Waals surface area contributed by atoms with Gasteiger partial charge in [-0.05, 0) is 47.5 Å². The molecule has 0 aliphatic heterocycles. The van der Waals surface area contributed by atoms with E-state index in [4.69, 9.17) is 9.47 Å². The molecule has 7 heteroatoms. The molecule has 1 N–H and O–H groups in total. The average Bonchev–Trinajstić information content (AvgIpc) is 2.78. The van der Waals surface area contributed by atoms with Gasteiger partial charge in [0.2, 0.25) is 5.91 Å². The molecule has 1 aliphatic carbocycles. The monoisotopic (exact) mass is 379 g/mol. The highest BCUT2D eigenvalue weighted by atomic mass is 16.6. The molecular formula is C20H33N3O4. The summed E-state index contributed by atoms with van der Waals surface area (Å²) in [6, 6.07) is 0. The number of rotatable bonds is 8. The SMILES string of the molecule is COCCn1nc(C)c(CNC(=O)C2(CC(=O)OC(C)(C)C)CCC2)c1C. The molecule has 0 bridgehead atoms. The van der Waals surface area contributed by atoms with Gasteiger partial charge in [0.05, 0.1) is 30.7 Å². The average molecular weight is 380 g/mol. The molecule has 2 rings (SSSR count). The van der Waals surface area contributed by atoms with Crippen LogP contribution in [-0.4, -0.2) is 41.0 Å². The van der Waals surface area contributed by atoms with Gasteiger partial charge in [0, 0.05) is 24.9 Å². The summed E-state index contributed by atoms with van der Waals surface area (Å²) in [5.74, 6) is -0.375.